The molecule has 1 aromatic rings. The number of thiophene rings is 1. The van der Waals surface area contributed by atoms with Crippen LogP contribution in [0.3, 0.4) is 0 Å². The number of rotatable bonds is 3. The van der Waals surface area contributed by atoms with Crippen molar-refractivity contribution in [2.75, 3.05) is 12.3 Å². The molecule has 1 saturated carbocycles. The van der Waals surface area contributed by atoms with Gasteiger partial charge in [-0.05, 0) is 30.9 Å². The van der Waals surface area contributed by atoms with Crippen LogP contribution in [0.5, 0.6) is 0 Å². The van der Waals surface area contributed by atoms with Crippen molar-refractivity contribution in [3.05, 3.63) is 21.3 Å². The minimum atomic E-state index is 0.685. The summed E-state index contributed by atoms with van der Waals surface area (Å²) < 4.78 is 0.873. The summed E-state index contributed by atoms with van der Waals surface area (Å²) in [6, 6.07) is 4.76. The number of aliphatic imine (C=N–C) groups is 1. The third-order valence-corrected chi connectivity index (χ3v) is 6.30. The summed E-state index contributed by atoms with van der Waals surface area (Å²) in [4.78, 5) is 6.04. The molecule has 0 bridgehead atoms. The second kappa shape index (κ2) is 6.51. The maximum absolute atomic E-state index is 5.93. The number of nitrogens with one attached hydrogen (secondary N) is 1. The highest BCUT2D eigenvalue weighted by molar-refractivity contribution is 8.13. The smallest absolute Gasteiger partial charge is 0.156 e. The van der Waals surface area contributed by atoms with Crippen molar-refractivity contribution < 1.29 is 0 Å². The molecule has 0 spiro atoms. The van der Waals surface area contributed by atoms with Gasteiger partial charge in [-0.15, -0.1) is 11.3 Å². The van der Waals surface area contributed by atoms with Crippen LogP contribution in [-0.2, 0) is 6.42 Å². The van der Waals surface area contributed by atoms with Gasteiger partial charge in [-0.25, -0.2) is 0 Å². The van der Waals surface area contributed by atoms with Crippen LogP contribution in [0.25, 0.3) is 0 Å². The first kappa shape index (κ1) is 13.8. The van der Waals surface area contributed by atoms with Gasteiger partial charge in [-0.2, -0.15) is 0 Å². The second-order valence-corrected chi connectivity index (χ2v) is 8.06. The fraction of sp³-hybridized carbons (Fsp3) is 0.643. The van der Waals surface area contributed by atoms with Crippen LogP contribution in [-0.4, -0.2) is 23.5 Å². The quantitative estimate of drug-likeness (QED) is 0.904. The summed E-state index contributed by atoms with van der Waals surface area (Å²) >= 11 is 9.50. The number of nitrogens with zero attached hydrogens (tertiary/aromatic N) is 1. The van der Waals surface area contributed by atoms with E-state index in [0.29, 0.717) is 6.04 Å². The Morgan fingerprint density at radius 2 is 2.21 bits per heavy atom. The monoisotopic (exact) mass is 314 g/mol. The summed E-state index contributed by atoms with van der Waals surface area (Å²) in [5, 5.41) is 4.80. The van der Waals surface area contributed by atoms with E-state index in [4.69, 9.17) is 16.6 Å². The maximum Gasteiger partial charge on any atom is 0.156 e. The zero-order valence-corrected chi connectivity index (χ0v) is 13.3. The first-order chi connectivity index (χ1) is 9.31. The standard InChI is InChI=1S/C14H19ClN2S2/c15-13-6-5-11(19-13)7-8-16-14-17-12-4-2-1-3-10(12)9-18-14/h5-6,10,12H,1-4,7-9H2,(H,16,17). The van der Waals surface area contributed by atoms with Gasteiger partial charge < -0.3 is 5.32 Å². The van der Waals surface area contributed by atoms with Gasteiger partial charge in [-0.3, -0.25) is 4.99 Å². The van der Waals surface area contributed by atoms with E-state index in [0.717, 1.165) is 28.4 Å². The molecule has 0 aromatic carbocycles. The van der Waals surface area contributed by atoms with Gasteiger partial charge in [0.1, 0.15) is 0 Å². The second-order valence-electron chi connectivity index (χ2n) is 5.25. The fourth-order valence-corrected chi connectivity index (χ4v) is 5.09. The number of thioether (sulfide) groups is 1. The Bertz CT molecular complexity index is 458. The zero-order chi connectivity index (χ0) is 13.1. The summed E-state index contributed by atoms with van der Waals surface area (Å²) in [6.07, 6.45) is 6.50. The highest BCUT2D eigenvalue weighted by Crippen LogP contribution is 2.31. The summed E-state index contributed by atoms with van der Waals surface area (Å²) in [5.74, 6) is 2.12. The van der Waals surface area contributed by atoms with E-state index in [1.807, 2.05) is 17.8 Å². The highest BCUT2D eigenvalue weighted by atomic mass is 35.5. The summed E-state index contributed by atoms with van der Waals surface area (Å²) in [7, 11) is 0. The third-order valence-electron chi connectivity index (χ3n) is 3.89. The van der Waals surface area contributed by atoms with E-state index >= 15 is 0 Å². The Labute approximate surface area is 128 Å². The fourth-order valence-electron chi connectivity index (χ4n) is 2.83. The van der Waals surface area contributed by atoms with Crippen molar-refractivity contribution >= 4 is 39.9 Å². The molecule has 1 aliphatic heterocycles. The number of halogens is 1. The van der Waals surface area contributed by atoms with E-state index in [1.54, 1.807) is 11.3 Å². The molecule has 0 amide bonds. The van der Waals surface area contributed by atoms with E-state index < -0.39 is 0 Å². The molecule has 2 atom stereocenters. The van der Waals surface area contributed by atoms with Crippen LogP contribution in [0.2, 0.25) is 4.34 Å². The summed E-state index contributed by atoms with van der Waals surface area (Å²) in [6.45, 7) is 0.865. The van der Waals surface area contributed by atoms with E-state index in [2.05, 4.69) is 11.4 Å². The largest absolute Gasteiger partial charge is 0.362 e. The molecule has 2 unspecified atom stereocenters. The van der Waals surface area contributed by atoms with Crippen LogP contribution < -0.4 is 5.32 Å². The van der Waals surface area contributed by atoms with Crippen LogP contribution >= 0.6 is 34.7 Å². The lowest BCUT2D eigenvalue weighted by Crippen LogP contribution is -2.46. The topological polar surface area (TPSA) is 24.4 Å². The molecule has 1 aromatic heterocycles. The first-order valence-corrected chi connectivity index (χ1v) is 9.17. The SMILES string of the molecule is Clc1ccc(CCN=C2NC3CCCCC3CS2)s1. The molecule has 1 saturated heterocycles. The molecule has 2 nitrogen and oxygen atoms in total. The van der Waals surface area contributed by atoms with Gasteiger partial charge in [0.25, 0.3) is 0 Å². The summed E-state index contributed by atoms with van der Waals surface area (Å²) in [5.41, 5.74) is 0. The normalized spacial score (nSPS) is 29.0. The number of hydrogen-bond acceptors (Lipinski definition) is 3. The molecular weight excluding hydrogens is 296 g/mol. The van der Waals surface area contributed by atoms with Crippen molar-refractivity contribution in [3.8, 4) is 0 Å². The Morgan fingerprint density at radius 1 is 1.32 bits per heavy atom. The Morgan fingerprint density at radius 3 is 3.05 bits per heavy atom. The van der Waals surface area contributed by atoms with Gasteiger partial charge in [0, 0.05) is 29.6 Å². The predicted molar refractivity (Wildman–Crippen MR) is 86.7 cm³/mol. The van der Waals surface area contributed by atoms with E-state index in [1.165, 1.54) is 36.3 Å². The Kier molecular flexibility index (Phi) is 4.72. The molecule has 2 aliphatic rings. The highest BCUT2D eigenvalue weighted by Gasteiger charge is 2.29. The molecule has 0 radical (unpaired) electrons. The van der Waals surface area contributed by atoms with Crippen molar-refractivity contribution in [1.82, 2.24) is 5.32 Å². The number of hydrogen-bond donors (Lipinski definition) is 1. The van der Waals surface area contributed by atoms with Crippen LogP contribution in [0, 0.1) is 5.92 Å². The molecule has 5 heteroatoms. The van der Waals surface area contributed by atoms with Gasteiger partial charge >= 0.3 is 0 Å². The van der Waals surface area contributed by atoms with E-state index in [-0.39, 0.29) is 0 Å². The van der Waals surface area contributed by atoms with Crippen molar-refractivity contribution in [3.63, 3.8) is 0 Å². The molecule has 2 fully saturated rings. The van der Waals surface area contributed by atoms with Crippen LogP contribution in [0.4, 0.5) is 0 Å². The molecule has 104 valence electrons. The third kappa shape index (κ3) is 3.67. The van der Waals surface area contributed by atoms with E-state index in [9.17, 15) is 0 Å². The molecule has 1 N–H and O–H groups in total. The average molecular weight is 315 g/mol. The predicted octanol–water partition coefficient (Wildman–Crippen LogP) is 4.20. The molecular formula is C14H19ClN2S2. The number of amidine groups is 1. The number of fused-ring (bicyclic) bond motifs is 1. The zero-order valence-electron chi connectivity index (χ0n) is 10.9. The van der Waals surface area contributed by atoms with Crippen LogP contribution in [0.1, 0.15) is 30.6 Å². The van der Waals surface area contributed by atoms with Gasteiger partial charge in [-0.1, -0.05) is 36.2 Å². The molecule has 19 heavy (non-hydrogen) atoms. The van der Waals surface area contributed by atoms with Gasteiger partial charge in [0.05, 0.1) is 4.34 Å². The molecule has 1 aliphatic carbocycles. The van der Waals surface area contributed by atoms with Gasteiger partial charge in [0.15, 0.2) is 5.17 Å². The minimum Gasteiger partial charge on any atom is -0.362 e. The first-order valence-electron chi connectivity index (χ1n) is 6.99. The van der Waals surface area contributed by atoms with Crippen LogP contribution in [0.15, 0.2) is 17.1 Å². The molecule has 3 rings (SSSR count). The Balaban J connectivity index is 1.50. The average Bonchev–Trinajstić information content (AvgIpc) is 2.84. The lowest BCUT2D eigenvalue weighted by Gasteiger charge is -2.36. The molecule has 2 heterocycles. The van der Waals surface area contributed by atoms with Crippen molar-refractivity contribution in [1.29, 1.82) is 0 Å². The van der Waals surface area contributed by atoms with Crippen molar-refractivity contribution in [2.45, 2.75) is 38.1 Å². The lowest BCUT2D eigenvalue weighted by atomic mass is 9.86. The lowest BCUT2D eigenvalue weighted by molar-refractivity contribution is 0.311. The van der Waals surface area contributed by atoms with Crippen molar-refractivity contribution in [2.24, 2.45) is 10.9 Å². The maximum atomic E-state index is 5.93. The van der Waals surface area contributed by atoms with Gasteiger partial charge in [0.2, 0.25) is 0 Å². The Hall–Kier alpha value is -0.190. The minimum absolute atomic E-state index is 0.685.